The highest BCUT2D eigenvalue weighted by Crippen LogP contribution is 2.34. The lowest BCUT2D eigenvalue weighted by atomic mass is 10.0. The Balaban J connectivity index is 1.45. The lowest BCUT2D eigenvalue weighted by Crippen LogP contribution is -2.07. The van der Waals surface area contributed by atoms with Crippen LogP contribution < -0.4 is 5.32 Å². The van der Waals surface area contributed by atoms with Crippen LogP contribution in [0.3, 0.4) is 0 Å². The molecule has 4 rings (SSSR count). The molecule has 0 spiro atoms. The molecule has 0 amide bonds. The summed E-state index contributed by atoms with van der Waals surface area (Å²) in [6, 6.07) is 5.85. The number of hydrogen-bond acceptors (Lipinski definition) is 6. The lowest BCUT2D eigenvalue weighted by molar-refractivity contribution is 0.457. The Morgan fingerprint density at radius 1 is 1.19 bits per heavy atom. The van der Waals surface area contributed by atoms with E-state index in [0.29, 0.717) is 16.9 Å². The van der Waals surface area contributed by atoms with E-state index in [0.717, 1.165) is 29.0 Å². The van der Waals surface area contributed by atoms with Gasteiger partial charge in [-0.05, 0) is 43.4 Å². The van der Waals surface area contributed by atoms with Crippen LogP contribution in [0.4, 0.5) is 5.82 Å². The van der Waals surface area contributed by atoms with Crippen molar-refractivity contribution >= 4 is 23.8 Å². The third kappa shape index (κ3) is 4.36. The Kier molecular flexibility index (Phi) is 5.39. The Morgan fingerprint density at radius 3 is 2.92 bits per heavy atom. The molecule has 2 aromatic rings. The first-order valence-corrected chi connectivity index (χ1v) is 10.3. The van der Waals surface area contributed by atoms with Crippen LogP contribution in [0.1, 0.15) is 45.4 Å². The molecule has 1 saturated carbocycles. The largest absolute Gasteiger partial charge is 0.430 e. The van der Waals surface area contributed by atoms with Gasteiger partial charge in [-0.15, -0.1) is 0 Å². The van der Waals surface area contributed by atoms with E-state index in [2.05, 4.69) is 33.3 Å². The second-order valence-electron chi connectivity index (χ2n) is 6.98. The van der Waals surface area contributed by atoms with E-state index >= 15 is 0 Å². The fourth-order valence-corrected chi connectivity index (χ4v) is 4.41. The molecule has 136 valence electrons. The molecule has 1 atom stereocenters. The molecule has 26 heavy (non-hydrogen) atoms. The molecule has 0 saturated heterocycles. The van der Waals surface area contributed by atoms with Crippen molar-refractivity contribution in [1.29, 1.82) is 0 Å². The number of anilines is 1. The van der Waals surface area contributed by atoms with Gasteiger partial charge in [0.2, 0.25) is 0 Å². The van der Waals surface area contributed by atoms with E-state index < -0.39 is 0 Å². The van der Waals surface area contributed by atoms with E-state index in [1.54, 1.807) is 18.0 Å². The van der Waals surface area contributed by atoms with Crippen LogP contribution in [0.15, 0.2) is 50.9 Å². The van der Waals surface area contributed by atoms with Crippen LogP contribution in [0.25, 0.3) is 11.5 Å². The zero-order chi connectivity index (χ0) is 17.8. The van der Waals surface area contributed by atoms with Gasteiger partial charge in [0.15, 0.2) is 5.76 Å². The molecule has 0 bridgehead atoms. The summed E-state index contributed by atoms with van der Waals surface area (Å²) >= 11 is 1.76. The monoisotopic (exact) mass is 368 g/mol. The van der Waals surface area contributed by atoms with Crippen molar-refractivity contribution in [1.82, 2.24) is 9.97 Å². The highest BCUT2D eigenvalue weighted by molar-refractivity contribution is 7.99. The van der Waals surface area contributed by atoms with Gasteiger partial charge < -0.3 is 9.73 Å². The highest BCUT2D eigenvalue weighted by Gasteiger charge is 2.18. The number of thioether (sulfide) groups is 1. The predicted octanol–water partition coefficient (Wildman–Crippen LogP) is 5.53. The summed E-state index contributed by atoms with van der Waals surface area (Å²) in [6.07, 6.45) is 13.3. The Morgan fingerprint density at radius 2 is 2.08 bits per heavy atom. The number of nitrogens with zero attached hydrogens (tertiary/aromatic N) is 3. The van der Waals surface area contributed by atoms with Gasteiger partial charge in [0.1, 0.15) is 17.3 Å². The SMILES string of the molecule is CC1C=C(Nc2cccc(-c3cnc(SC4CCCCC4)o3)n2)N=CC1. The Hall–Kier alpha value is -2.08. The summed E-state index contributed by atoms with van der Waals surface area (Å²) in [5.74, 6) is 2.81. The fraction of sp³-hybridized carbons (Fsp3) is 0.450. The van der Waals surface area contributed by atoms with Crippen LogP contribution in [0.5, 0.6) is 0 Å². The van der Waals surface area contributed by atoms with Gasteiger partial charge >= 0.3 is 0 Å². The van der Waals surface area contributed by atoms with Gasteiger partial charge in [-0.2, -0.15) is 0 Å². The van der Waals surface area contributed by atoms with Crippen molar-refractivity contribution in [3.05, 3.63) is 36.3 Å². The lowest BCUT2D eigenvalue weighted by Gasteiger charge is -2.18. The van der Waals surface area contributed by atoms with Crippen molar-refractivity contribution in [3.8, 4) is 11.5 Å². The Bertz CT molecular complexity index is 808. The van der Waals surface area contributed by atoms with E-state index in [1.807, 2.05) is 24.4 Å². The van der Waals surface area contributed by atoms with Crippen LogP contribution >= 0.6 is 11.8 Å². The highest BCUT2D eigenvalue weighted by atomic mass is 32.2. The maximum atomic E-state index is 5.95. The molecule has 3 heterocycles. The molecule has 0 radical (unpaired) electrons. The summed E-state index contributed by atoms with van der Waals surface area (Å²) in [5, 5.41) is 4.66. The molecule has 5 nitrogen and oxygen atoms in total. The number of rotatable bonds is 5. The topological polar surface area (TPSA) is 63.3 Å². The molecule has 2 aliphatic rings. The molecular formula is C20H24N4OS. The van der Waals surface area contributed by atoms with Gasteiger partial charge in [-0.1, -0.05) is 44.0 Å². The Labute approximate surface area is 158 Å². The van der Waals surface area contributed by atoms with E-state index in [-0.39, 0.29) is 0 Å². The number of oxazole rings is 1. The molecule has 1 unspecified atom stereocenters. The smallest absolute Gasteiger partial charge is 0.256 e. The fourth-order valence-electron chi connectivity index (χ4n) is 3.30. The van der Waals surface area contributed by atoms with Crippen LogP contribution in [0.2, 0.25) is 0 Å². The molecule has 1 fully saturated rings. The number of aliphatic imine (C=N–C) groups is 1. The van der Waals surface area contributed by atoms with Gasteiger partial charge in [0.25, 0.3) is 5.22 Å². The zero-order valence-electron chi connectivity index (χ0n) is 15.0. The third-order valence-electron chi connectivity index (χ3n) is 4.71. The van der Waals surface area contributed by atoms with Crippen molar-refractivity contribution in [2.45, 2.75) is 55.9 Å². The van der Waals surface area contributed by atoms with Crippen molar-refractivity contribution in [2.24, 2.45) is 10.9 Å². The quantitative estimate of drug-likeness (QED) is 0.752. The van der Waals surface area contributed by atoms with E-state index in [9.17, 15) is 0 Å². The van der Waals surface area contributed by atoms with Gasteiger partial charge in [0, 0.05) is 11.5 Å². The van der Waals surface area contributed by atoms with Gasteiger partial charge in [0.05, 0.1) is 6.20 Å². The summed E-state index contributed by atoms with van der Waals surface area (Å²) in [4.78, 5) is 13.5. The number of pyridine rings is 1. The summed E-state index contributed by atoms with van der Waals surface area (Å²) < 4.78 is 5.95. The number of allylic oxidation sites excluding steroid dienone is 1. The second-order valence-corrected chi connectivity index (χ2v) is 8.23. The summed E-state index contributed by atoms with van der Waals surface area (Å²) in [5.41, 5.74) is 0.784. The maximum Gasteiger partial charge on any atom is 0.256 e. The van der Waals surface area contributed by atoms with Crippen molar-refractivity contribution in [3.63, 3.8) is 0 Å². The molecule has 6 heteroatoms. The first-order chi connectivity index (χ1) is 12.8. The summed E-state index contributed by atoms with van der Waals surface area (Å²) in [7, 11) is 0. The molecule has 2 aromatic heterocycles. The van der Waals surface area contributed by atoms with Crippen LogP contribution in [-0.4, -0.2) is 21.4 Å². The number of aromatic nitrogens is 2. The molecule has 0 aromatic carbocycles. The maximum absolute atomic E-state index is 5.95. The van der Waals surface area contributed by atoms with Crippen LogP contribution in [0, 0.1) is 5.92 Å². The zero-order valence-corrected chi connectivity index (χ0v) is 15.8. The molecule has 1 N–H and O–H groups in total. The van der Waals surface area contributed by atoms with E-state index in [4.69, 9.17) is 4.42 Å². The minimum absolute atomic E-state index is 0.492. The minimum Gasteiger partial charge on any atom is -0.430 e. The molecular weight excluding hydrogens is 344 g/mol. The molecule has 1 aliphatic carbocycles. The number of nitrogens with one attached hydrogen (secondary N) is 1. The minimum atomic E-state index is 0.492. The first kappa shape index (κ1) is 17.3. The average Bonchev–Trinajstić information content (AvgIpc) is 3.11. The standard InChI is InChI=1S/C20H24N4OS/c1-14-10-11-21-19(12-14)24-18-9-5-8-16(23-18)17-13-22-20(25-17)26-15-6-3-2-4-7-15/h5,8-9,11-15H,2-4,6-7,10H2,1H3,(H,23,24). The summed E-state index contributed by atoms with van der Waals surface area (Å²) in [6.45, 7) is 2.18. The normalized spacial score (nSPS) is 20.8. The van der Waals surface area contributed by atoms with E-state index in [1.165, 1.54) is 32.1 Å². The van der Waals surface area contributed by atoms with Crippen LogP contribution in [-0.2, 0) is 0 Å². The van der Waals surface area contributed by atoms with Gasteiger partial charge in [-0.25, -0.2) is 15.0 Å². The van der Waals surface area contributed by atoms with Gasteiger partial charge in [-0.3, -0.25) is 0 Å². The average molecular weight is 369 g/mol. The number of hydrogen-bond donors (Lipinski definition) is 1. The second kappa shape index (κ2) is 8.08. The van der Waals surface area contributed by atoms with Crippen molar-refractivity contribution < 1.29 is 4.42 Å². The first-order valence-electron chi connectivity index (χ1n) is 9.37. The third-order valence-corrected chi connectivity index (χ3v) is 5.91. The van der Waals surface area contributed by atoms with Crippen molar-refractivity contribution in [2.75, 3.05) is 5.32 Å². The molecule has 1 aliphatic heterocycles. The predicted molar refractivity (Wildman–Crippen MR) is 106 cm³/mol.